The minimum absolute atomic E-state index is 0.276. The van der Waals surface area contributed by atoms with Crippen molar-refractivity contribution in [1.29, 1.82) is 0 Å². The third kappa shape index (κ3) is 6.25. The van der Waals surface area contributed by atoms with Crippen LogP contribution in [0.3, 0.4) is 0 Å². The highest BCUT2D eigenvalue weighted by Gasteiger charge is 2.24. The summed E-state index contributed by atoms with van der Waals surface area (Å²) in [5, 5.41) is 4.11. The Labute approximate surface area is 185 Å². The molecule has 2 heterocycles. The molecule has 0 aromatic heterocycles. The molecular formula is C22H34ClN5O2. The van der Waals surface area contributed by atoms with E-state index in [0.717, 1.165) is 82.3 Å². The van der Waals surface area contributed by atoms with Gasteiger partial charge in [-0.2, -0.15) is 0 Å². The Bertz CT molecular complexity index is 728. The number of nitrogens with one attached hydrogen (secondary N) is 1. The molecule has 0 unspecified atom stereocenters. The number of aliphatic imine (C=N–C) groups is 1. The molecule has 0 saturated carbocycles. The van der Waals surface area contributed by atoms with Crippen molar-refractivity contribution < 1.29 is 9.53 Å². The number of carbonyl (C=O) groups is 1. The minimum Gasteiger partial charge on any atom is -0.497 e. The summed E-state index contributed by atoms with van der Waals surface area (Å²) in [6.45, 7) is 9.49. The quantitative estimate of drug-likeness (QED) is 0.525. The van der Waals surface area contributed by atoms with Crippen LogP contribution in [0, 0.1) is 0 Å². The number of carbonyl (C=O) groups excluding carboxylic acids is 1. The standard InChI is InChI=1S/C22H34ClN5O2/c1-3-24-22(25-9-8-18-6-7-19(30-2)16-20(18)23)28-14-12-26(13-15-28)17-21(29)27-10-4-5-11-27/h6-7,16H,3-5,8-15,17H2,1-2H3,(H,24,25). The van der Waals surface area contributed by atoms with Gasteiger partial charge in [-0.1, -0.05) is 17.7 Å². The average molecular weight is 436 g/mol. The van der Waals surface area contributed by atoms with Gasteiger partial charge in [-0.3, -0.25) is 14.7 Å². The van der Waals surface area contributed by atoms with E-state index in [1.165, 1.54) is 0 Å². The van der Waals surface area contributed by atoms with Crippen LogP contribution in [-0.2, 0) is 11.2 Å². The molecular weight excluding hydrogens is 402 g/mol. The number of nitrogens with zero attached hydrogens (tertiary/aromatic N) is 4. The van der Waals surface area contributed by atoms with Crippen LogP contribution in [0.4, 0.5) is 0 Å². The average Bonchev–Trinajstić information content (AvgIpc) is 3.30. The van der Waals surface area contributed by atoms with Crippen LogP contribution in [-0.4, -0.2) is 92.6 Å². The summed E-state index contributed by atoms with van der Waals surface area (Å²) in [4.78, 5) is 23.8. The van der Waals surface area contributed by atoms with E-state index in [-0.39, 0.29) is 5.91 Å². The Morgan fingerprint density at radius 2 is 1.87 bits per heavy atom. The Morgan fingerprint density at radius 3 is 2.50 bits per heavy atom. The summed E-state index contributed by atoms with van der Waals surface area (Å²) in [7, 11) is 1.64. The van der Waals surface area contributed by atoms with Crippen molar-refractivity contribution in [1.82, 2.24) is 20.0 Å². The largest absolute Gasteiger partial charge is 0.497 e. The second-order valence-corrected chi connectivity index (χ2v) is 8.20. The van der Waals surface area contributed by atoms with Crippen LogP contribution in [0.2, 0.25) is 5.02 Å². The molecule has 2 aliphatic rings. The molecule has 2 aliphatic heterocycles. The van der Waals surface area contributed by atoms with E-state index in [0.29, 0.717) is 18.1 Å². The number of ether oxygens (including phenoxy) is 1. The molecule has 0 atom stereocenters. The predicted octanol–water partition coefficient (Wildman–Crippen LogP) is 2.10. The van der Waals surface area contributed by atoms with Crippen LogP contribution in [0.25, 0.3) is 0 Å². The van der Waals surface area contributed by atoms with Crippen LogP contribution < -0.4 is 10.1 Å². The number of rotatable bonds is 7. The number of methoxy groups -OCH3 is 1. The molecule has 166 valence electrons. The van der Waals surface area contributed by atoms with E-state index in [4.69, 9.17) is 21.3 Å². The minimum atomic E-state index is 0.276. The summed E-state index contributed by atoms with van der Waals surface area (Å²) in [5.41, 5.74) is 1.07. The summed E-state index contributed by atoms with van der Waals surface area (Å²) < 4.78 is 5.21. The van der Waals surface area contributed by atoms with Gasteiger partial charge in [-0.05, 0) is 43.9 Å². The molecule has 1 aromatic carbocycles. The zero-order chi connectivity index (χ0) is 21.3. The Balaban J connectivity index is 1.49. The summed E-state index contributed by atoms with van der Waals surface area (Å²) >= 11 is 6.35. The van der Waals surface area contributed by atoms with Crippen molar-refractivity contribution in [3.63, 3.8) is 0 Å². The number of likely N-dealkylation sites (tertiary alicyclic amines) is 1. The molecule has 0 radical (unpaired) electrons. The molecule has 2 saturated heterocycles. The van der Waals surface area contributed by atoms with Crippen LogP contribution in [0.15, 0.2) is 23.2 Å². The smallest absolute Gasteiger partial charge is 0.236 e. The molecule has 0 spiro atoms. The van der Waals surface area contributed by atoms with Gasteiger partial charge in [0, 0.05) is 57.4 Å². The van der Waals surface area contributed by atoms with Gasteiger partial charge in [0.1, 0.15) is 5.75 Å². The van der Waals surface area contributed by atoms with Gasteiger partial charge in [0.15, 0.2) is 5.96 Å². The van der Waals surface area contributed by atoms with Crippen molar-refractivity contribution in [2.24, 2.45) is 4.99 Å². The van der Waals surface area contributed by atoms with Gasteiger partial charge < -0.3 is 19.9 Å². The maximum atomic E-state index is 12.4. The van der Waals surface area contributed by atoms with Gasteiger partial charge in [-0.15, -0.1) is 0 Å². The number of halogens is 1. The lowest BCUT2D eigenvalue weighted by molar-refractivity contribution is -0.131. The van der Waals surface area contributed by atoms with E-state index in [1.807, 2.05) is 23.1 Å². The predicted molar refractivity (Wildman–Crippen MR) is 122 cm³/mol. The van der Waals surface area contributed by atoms with E-state index >= 15 is 0 Å². The SMILES string of the molecule is CCNC(=NCCc1ccc(OC)cc1Cl)N1CCN(CC(=O)N2CCCC2)CC1. The van der Waals surface area contributed by atoms with Gasteiger partial charge in [0.05, 0.1) is 13.7 Å². The van der Waals surface area contributed by atoms with E-state index in [9.17, 15) is 4.79 Å². The molecule has 1 amide bonds. The Hall–Kier alpha value is -1.99. The Kier molecular flexibility index (Phi) is 8.63. The third-order valence-electron chi connectivity index (χ3n) is 5.73. The molecule has 8 heteroatoms. The van der Waals surface area contributed by atoms with Crippen molar-refractivity contribution in [3.8, 4) is 5.75 Å². The van der Waals surface area contributed by atoms with Gasteiger partial charge in [-0.25, -0.2) is 0 Å². The molecule has 2 fully saturated rings. The highest BCUT2D eigenvalue weighted by atomic mass is 35.5. The zero-order valence-electron chi connectivity index (χ0n) is 18.2. The normalized spacial score (nSPS) is 18.0. The number of piperazine rings is 1. The highest BCUT2D eigenvalue weighted by molar-refractivity contribution is 6.31. The lowest BCUT2D eigenvalue weighted by atomic mass is 10.1. The second-order valence-electron chi connectivity index (χ2n) is 7.79. The lowest BCUT2D eigenvalue weighted by Gasteiger charge is -2.36. The first-order valence-corrected chi connectivity index (χ1v) is 11.3. The van der Waals surface area contributed by atoms with Crippen LogP contribution >= 0.6 is 11.6 Å². The number of hydrogen-bond acceptors (Lipinski definition) is 4. The highest BCUT2D eigenvalue weighted by Crippen LogP contribution is 2.22. The fraction of sp³-hybridized carbons (Fsp3) is 0.636. The molecule has 1 aromatic rings. The van der Waals surface area contributed by atoms with Gasteiger partial charge in [0.2, 0.25) is 5.91 Å². The summed E-state index contributed by atoms with van der Waals surface area (Å²) in [6, 6.07) is 5.77. The molecule has 0 bridgehead atoms. The molecule has 7 nitrogen and oxygen atoms in total. The monoisotopic (exact) mass is 435 g/mol. The lowest BCUT2D eigenvalue weighted by Crippen LogP contribution is -2.54. The maximum Gasteiger partial charge on any atom is 0.236 e. The van der Waals surface area contributed by atoms with Gasteiger partial charge >= 0.3 is 0 Å². The first-order valence-electron chi connectivity index (χ1n) is 11.0. The topological polar surface area (TPSA) is 60.4 Å². The number of hydrogen-bond donors (Lipinski definition) is 1. The fourth-order valence-corrected chi connectivity index (χ4v) is 4.21. The number of benzene rings is 1. The zero-order valence-corrected chi connectivity index (χ0v) is 19.0. The van der Waals surface area contributed by atoms with Crippen LogP contribution in [0.1, 0.15) is 25.3 Å². The summed E-state index contributed by atoms with van der Waals surface area (Å²) in [6.07, 6.45) is 3.07. The Morgan fingerprint density at radius 1 is 1.13 bits per heavy atom. The van der Waals surface area contributed by atoms with E-state index < -0.39 is 0 Å². The van der Waals surface area contributed by atoms with Crippen molar-refractivity contribution in [2.45, 2.75) is 26.2 Å². The van der Waals surface area contributed by atoms with E-state index in [2.05, 4.69) is 22.0 Å². The number of guanidine groups is 1. The molecule has 0 aliphatic carbocycles. The maximum absolute atomic E-state index is 12.4. The second kappa shape index (κ2) is 11.4. The van der Waals surface area contributed by atoms with Crippen molar-refractivity contribution in [3.05, 3.63) is 28.8 Å². The molecule has 30 heavy (non-hydrogen) atoms. The van der Waals surface area contributed by atoms with Crippen molar-refractivity contribution in [2.75, 3.05) is 66.0 Å². The fourth-order valence-electron chi connectivity index (χ4n) is 3.94. The molecule has 3 rings (SSSR count). The first-order chi connectivity index (χ1) is 14.6. The van der Waals surface area contributed by atoms with Gasteiger partial charge in [0.25, 0.3) is 0 Å². The number of amides is 1. The first kappa shape index (κ1) is 22.7. The molecule has 1 N–H and O–H groups in total. The summed E-state index contributed by atoms with van der Waals surface area (Å²) in [5.74, 6) is 1.98. The third-order valence-corrected chi connectivity index (χ3v) is 6.08. The van der Waals surface area contributed by atoms with Crippen molar-refractivity contribution >= 4 is 23.5 Å². The van der Waals surface area contributed by atoms with E-state index in [1.54, 1.807) is 7.11 Å². The van der Waals surface area contributed by atoms with Crippen LogP contribution in [0.5, 0.6) is 5.75 Å².